The van der Waals surface area contributed by atoms with Crippen molar-refractivity contribution < 1.29 is 9.63 Å². The maximum Gasteiger partial charge on any atom is 0.341 e. The van der Waals surface area contributed by atoms with Gasteiger partial charge in [-0.25, -0.2) is 4.79 Å². The lowest BCUT2D eigenvalue weighted by atomic mass is 10.2. The molecule has 0 saturated carbocycles. The van der Waals surface area contributed by atoms with Crippen molar-refractivity contribution in [2.24, 2.45) is 17.4 Å². The second-order valence-electron chi connectivity index (χ2n) is 1.97. The predicted octanol–water partition coefficient (Wildman–Crippen LogP) is -1.53. The minimum Gasteiger partial charge on any atom is -0.372 e. The molecule has 60 valence electrons. The molecule has 10 heavy (non-hydrogen) atoms. The van der Waals surface area contributed by atoms with Crippen LogP contribution in [-0.4, -0.2) is 18.6 Å². The Morgan fingerprint density at radius 2 is 2.20 bits per heavy atom. The van der Waals surface area contributed by atoms with Gasteiger partial charge in [0.15, 0.2) is 0 Å². The van der Waals surface area contributed by atoms with Crippen molar-refractivity contribution in [2.75, 3.05) is 6.54 Å². The molecule has 0 fully saturated rings. The first kappa shape index (κ1) is 9.35. The van der Waals surface area contributed by atoms with E-state index in [9.17, 15) is 4.79 Å². The molecule has 0 rings (SSSR count). The molecule has 0 aliphatic carbocycles. The molecule has 1 atom stereocenters. The van der Waals surface area contributed by atoms with Gasteiger partial charge < -0.3 is 16.3 Å². The molecular weight excluding hydrogens is 134 g/mol. The van der Waals surface area contributed by atoms with Gasteiger partial charge >= 0.3 is 5.97 Å². The Kier molecular flexibility index (Phi) is 4.82. The second-order valence-corrected chi connectivity index (χ2v) is 1.97. The van der Waals surface area contributed by atoms with E-state index >= 15 is 0 Å². The lowest BCUT2D eigenvalue weighted by Crippen LogP contribution is -2.34. The van der Waals surface area contributed by atoms with Crippen LogP contribution in [0, 0.1) is 0 Å². The molecule has 0 unspecified atom stereocenters. The van der Waals surface area contributed by atoms with E-state index in [1.165, 1.54) is 0 Å². The van der Waals surface area contributed by atoms with Gasteiger partial charge in [-0.1, -0.05) is 0 Å². The fraction of sp³-hybridized carbons (Fsp3) is 0.800. The molecule has 0 aromatic carbocycles. The average Bonchev–Trinajstić information content (AvgIpc) is 1.98. The fourth-order valence-corrected chi connectivity index (χ4v) is 0.543. The summed E-state index contributed by atoms with van der Waals surface area (Å²) in [6, 6.07) is -0.631. The summed E-state index contributed by atoms with van der Waals surface area (Å²) in [6.45, 7) is 0.519. The molecule has 0 aliphatic rings. The second kappa shape index (κ2) is 5.16. The van der Waals surface area contributed by atoms with Crippen molar-refractivity contribution in [1.82, 2.24) is 0 Å². The molecule has 0 spiro atoms. The van der Waals surface area contributed by atoms with Gasteiger partial charge in [0.05, 0.1) is 0 Å². The van der Waals surface area contributed by atoms with Gasteiger partial charge in [-0.3, -0.25) is 0 Å². The smallest absolute Gasteiger partial charge is 0.341 e. The van der Waals surface area contributed by atoms with Crippen LogP contribution in [0.15, 0.2) is 0 Å². The molecule has 6 N–H and O–H groups in total. The Morgan fingerprint density at radius 1 is 1.60 bits per heavy atom. The Morgan fingerprint density at radius 3 is 2.60 bits per heavy atom. The molecule has 0 aromatic heterocycles. The highest BCUT2D eigenvalue weighted by Gasteiger charge is 2.12. The highest BCUT2D eigenvalue weighted by molar-refractivity contribution is 5.74. The number of carbonyl (C=O) groups is 1. The third-order valence-corrected chi connectivity index (χ3v) is 1.14. The van der Waals surface area contributed by atoms with Crippen LogP contribution >= 0.6 is 0 Å². The first-order valence-corrected chi connectivity index (χ1v) is 3.08. The van der Waals surface area contributed by atoms with Crippen molar-refractivity contribution in [3.8, 4) is 0 Å². The first-order chi connectivity index (χ1) is 4.72. The SMILES string of the molecule is NCCC[C@@H](N)C(=O)ON. The van der Waals surface area contributed by atoms with Crippen LogP contribution in [0.1, 0.15) is 12.8 Å². The summed E-state index contributed by atoms with van der Waals surface area (Å²) >= 11 is 0. The molecule has 5 heteroatoms. The maximum atomic E-state index is 10.5. The van der Waals surface area contributed by atoms with Gasteiger partial charge in [-0.05, 0) is 19.4 Å². The third kappa shape index (κ3) is 3.39. The van der Waals surface area contributed by atoms with E-state index in [0.29, 0.717) is 19.4 Å². The molecule has 0 aliphatic heterocycles. The van der Waals surface area contributed by atoms with Crippen molar-refractivity contribution >= 4 is 5.97 Å². The Labute approximate surface area is 59.4 Å². The van der Waals surface area contributed by atoms with Crippen LogP contribution in [0.5, 0.6) is 0 Å². The largest absolute Gasteiger partial charge is 0.372 e. The lowest BCUT2D eigenvalue weighted by molar-refractivity contribution is -0.145. The van der Waals surface area contributed by atoms with Crippen LogP contribution in [0.3, 0.4) is 0 Å². The van der Waals surface area contributed by atoms with Crippen molar-refractivity contribution in [2.45, 2.75) is 18.9 Å². The maximum absolute atomic E-state index is 10.5. The van der Waals surface area contributed by atoms with Crippen LogP contribution < -0.4 is 17.4 Å². The monoisotopic (exact) mass is 147 g/mol. The minimum absolute atomic E-state index is 0.519. The van der Waals surface area contributed by atoms with E-state index in [1.807, 2.05) is 0 Å². The van der Waals surface area contributed by atoms with E-state index in [-0.39, 0.29) is 0 Å². The lowest BCUT2D eigenvalue weighted by Gasteiger charge is -2.05. The summed E-state index contributed by atoms with van der Waals surface area (Å²) in [5.41, 5.74) is 10.5. The fourth-order valence-electron chi connectivity index (χ4n) is 0.543. The van der Waals surface area contributed by atoms with Gasteiger partial charge in [-0.15, -0.1) is 0 Å². The normalized spacial score (nSPS) is 12.7. The van der Waals surface area contributed by atoms with Crippen molar-refractivity contribution in [1.29, 1.82) is 0 Å². The molecule has 0 heterocycles. The minimum atomic E-state index is -0.631. The topological polar surface area (TPSA) is 104 Å². The summed E-state index contributed by atoms with van der Waals surface area (Å²) in [6.07, 6.45) is 1.23. The van der Waals surface area contributed by atoms with Crippen LogP contribution in [-0.2, 0) is 9.63 Å². The summed E-state index contributed by atoms with van der Waals surface area (Å²) < 4.78 is 0. The van der Waals surface area contributed by atoms with Crippen molar-refractivity contribution in [3.63, 3.8) is 0 Å². The zero-order chi connectivity index (χ0) is 7.98. The van der Waals surface area contributed by atoms with Crippen molar-refractivity contribution in [3.05, 3.63) is 0 Å². The Balaban J connectivity index is 3.41. The number of rotatable bonds is 4. The molecule has 0 saturated heterocycles. The first-order valence-electron chi connectivity index (χ1n) is 3.08. The number of hydrogen-bond donors (Lipinski definition) is 3. The van der Waals surface area contributed by atoms with E-state index < -0.39 is 12.0 Å². The van der Waals surface area contributed by atoms with E-state index in [1.54, 1.807) is 0 Å². The molecular formula is C5H13N3O2. The van der Waals surface area contributed by atoms with Gasteiger partial charge in [0, 0.05) is 0 Å². The van der Waals surface area contributed by atoms with E-state index in [4.69, 9.17) is 11.5 Å². The number of hydrogen-bond acceptors (Lipinski definition) is 5. The van der Waals surface area contributed by atoms with E-state index in [2.05, 4.69) is 10.7 Å². The van der Waals surface area contributed by atoms with E-state index in [0.717, 1.165) is 0 Å². The highest BCUT2D eigenvalue weighted by Crippen LogP contribution is 1.93. The quantitative estimate of drug-likeness (QED) is 0.418. The molecule has 0 bridgehead atoms. The summed E-state index contributed by atoms with van der Waals surface area (Å²) in [7, 11) is 0. The number of carbonyl (C=O) groups excluding carboxylic acids is 1. The standard InChI is InChI=1S/C5H13N3O2/c6-3-1-2-4(7)5(9)10-8/h4H,1-3,6-8H2/t4-/m1/s1. The summed E-state index contributed by atoms with van der Waals surface area (Å²) in [5.74, 6) is 3.99. The summed E-state index contributed by atoms with van der Waals surface area (Å²) in [4.78, 5) is 14.4. The van der Waals surface area contributed by atoms with Gasteiger partial charge in [-0.2, -0.15) is 5.90 Å². The van der Waals surface area contributed by atoms with Gasteiger partial charge in [0.25, 0.3) is 0 Å². The summed E-state index contributed by atoms with van der Waals surface area (Å²) in [5, 5.41) is 0. The predicted molar refractivity (Wildman–Crippen MR) is 36.5 cm³/mol. The highest BCUT2D eigenvalue weighted by atomic mass is 16.7. The molecule has 0 aromatic rings. The van der Waals surface area contributed by atoms with Gasteiger partial charge in [0.1, 0.15) is 6.04 Å². The zero-order valence-corrected chi connectivity index (χ0v) is 5.75. The zero-order valence-electron chi connectivity index (χ0n) is 5.75. The van der Waals surface area contributed by atoms with Crippen LogP contribution in [0.4, 0.5) is 0 Å². The molecule has 0 amide bonds. The Hall–Kier alpha value is -0.650. The van der Waals surface area contributed by atoms with Crippen LogP contribution in [0.25, 0.3) is 0 Å². The van der Waals surface area contributed by atoms with Gasteiger partial charge in [0.2, 0.25) is 0 Å². The third-order valence-electron chi connectivity index (χ3n) is 1.14. The van der Waals surface area contributed by atoms with Crippen LogP contribution in [0.2, 0.25) is 0 Å². The number of nitrogens with two attached hydrogens (primary N) is 3. The average molecular weight is 147 g/mol. The Bertz CT molecular complexity index is 107. The molecule has 0 radical (unpaired) electrons. The molecule has 5 nitrogen and oxygen atoms in total.